The number of likely N-dealkylation sites (tertiary alicyclic amines) is 1. The van der Waals surface area contributed by atoms with E-state index in [-0.39, 0.29) is 11.9 Å². The molecule has 0 aromatic rings. The summed E-state index contributed by atoms with van der Waals surface area (Å²) in [4.78, 5) is 13.3. The van der Waals surface area contributed by atoms with Crippen LogP contribution in [0, 0.1) is 0 Å². The van der Waals surface area contributed by atoms with Gasteiger partial charge in [0.1, 0.15) is 0 Å². The van der Waals surface area contributed by atoms with E-state index in [0.29, 0.717) is 12.6 Å². The van der Waals surface area contributed by atoms with Gasteiger partial charge in [0.2, 0.25) is 5.91 Å². The van der Waals surface area contributed by atoms with Crippen molar-refractivity contribution in [2.75, 3.05) is 13.1 Å². The van der Waals surface area contributed by atoms with Gasteiger partial charge in [0.05, 0.1) is 6.04 Å². The molecule has 4 heteroatoms. The molecule has 76 valence electrons. The third-order valence-electron chi connectivity index (χ3n) is 2.81. The highest BCUT2D eigenvalue weighted by molar-refractivity contribution is 5.79. The van der Waals surface area contributed by atoms with E-state index in [4.69, 9.17) is 11.5 Å². The van der Waals surface area contributed by atoms with Gasteiger partial charge in [-0.3, -0.25) is 9.69 Å². The van der Waals surface area contributed by atoms with Crippen LogP contribution in [-0.2, 0) is 4.79 Å². The van der Waals surface area contributed by atoms with Crippen LogP contribution in [0.5, 0.6) is 0 Å². The Kier molecular flexibility index (Phi) is 3.69. The molecule has 1 fully saturated rings. The quantitative estimate of drug-likeness (QED) is 0.630. The Hall–Kier alpha value is -0.610. The van der Waals surface area contributed by atoms with Crippen LogP contribution in [0.3, 0.4) is 0 Å². The van der Waals surface area contributed by atoms with E-state index in [2.05, 4.69) is 4.90 Å². The lowest BCUT2D eigenvalue weighted by molar-refractivity contribution is -0.123. The van der Waals surface area contributed by atoms with Gasteiger partial charge in [-0.05, 0) is 25.8 Å². The molecule has 2 unspecified atom stereocenters. The Morgan fingerprint density at radius 1 is 1.69 bits per heavy atom. The van der Waals surface area contributed by atoms with E-state index in [1.54, 1.807) is 0 Å². The van der Waals surface area contributed by atoms with E-state index in [0.717, 1.165) is 25.8 Å². The molecular formula is C9H19N3O. The number of carbonyl (C=O) groups is 1. The summed E-state index contributed by atoms with van der Waals surface area (Å²) in [5, 5.41) is 0. The molecule has 0 radical (unpaired) electrons. The molecule has 0 aromatic carbocycles. The van der Waals surface area contributed by atoms with E-state index in [1.165, 1.54) is 0 Å². The summed E-state index contributed by atoms with van der Waals surface area (Å²) in [6, 6.07) is 0.244. The van der Waals surface area contributed by atoms with Crippen LogP contribution in [0.2, 0.25) is 0 Å². The first-order valence-corrected chi connectivity index (χ1v) is 4.95. The van der Waals surface area contributed by atoms with Gasteiger partial charge in [0, 0.05) is 12.6 Å². The fourth-order valence-electron chi connectivity index (χ4n) is 2.12. The van der Waals surface area contributed by atoms with Gasteiger partial charge in [0.15, 0.2) is 0 Å². The molecule has 0 saturated carbocycles. The van der Waals surface area contributed by atoms with Crippen molar-refractivity contribution >= 4 is 5.91 Å². The number of nitrogens with two attached hydrogens (primary N) is 2. The zero-order chi connectivity index (χ0) is 9.84. The lowest BCUT2D eigenvalue weighted by Crippen LogP contribution is -2.48. The number of carbonyl (C=O) groups excluding carboxylic acids is 1. The maximum atomic E-state index is 11.1. The van der Waals surface area contributed by atoms with Crippen molar-refractivity contribution in [3.05, 3.63) is 0 Å². The van der Waals surface area contributed by atoms with Crippen molar-refractivity contribution in [2.24, 2.45) is 11.5 Å². The Morgan fingerprint density at radius 3 is 2.85 bits per heavy atom. The summed E-state index contributed by atoms with van der Waals surface area (Å²) >= 11 is 0. The van der Waals surface area contributed by atoms with Crippen molar-refractivity contribution in [3.8, 4) is 0 Å². The molecule has 4 nitrogen and oxygen atoms in total. The fraction of sp³-hybridized carbons (Fsp3) is 0.889. The van der Waals surface area contributed by atoms with Crippen LogP contribution >= 0.6 is 0 Å². The fourth-order valence-corrected chi connectivity index (χ4v) is 2.12. The van der Waals surface area contributed by atoms with Crippen molar-refractivity contribution in [2.45, 2.75) is 38.3 Å². The maximum Gasteiger partial charge on any atom is 0.234 e. The highest BCUT2D eigenvalue weighted by Gasteiger charge is 2.31. The van der Waals surface area contributed by atoms with Crippen LogP contribution in [0.4, 0.5) is 0 Å². The Labute approximate surface area is 79.3 Å². The highest BCUT2D eigenvalue weighted by Crippen LogP contribution is 2.20. The molecule has 1 aliphatic rings. The Balaban J connectivity index is 2.61. The molecule has 1 heterocycles. The van der Waals surface area contributed by atoms with Crippen LogP contribution in [-0.4, -0.2) is 36.0 Å². The van der Waals surface area contributed by atoms with Gasteiger partial charge in [-0.2, -0.15) is 0 Å². The number of hydrogen-bond donors (Lipinski definition) is 2. The number of amides is 1. The van der Waals surface area contributed by atoms with E-state index < -0.39 is 0 Å². The minimum absolute atomic E-state index is 0.115. The van der Waals surface area contributed by atoms with Gasteiger partial charge < -0.3 is 11.5 Å². The van der Waals surface area contributed by atoms with Gasteiger partial charge in [0.25, 0.3) is 0 Å². The first-order valence-electron chi connectivity index (χ1n) is 4.95. The molecule has 1 saturated heterocycles. The van der Waals surface area contributed by atoms with Crippen molar-refractivity contribution in [3.63, 3.8) is 0 Å². The molecule has 13 heavy (non-hydrogen) atoms. The van der Waals surface area contributed by atoms with Gasteiger partial charge >= 0.3 is 0 Å². The molecule has 1 rings (SSSR count). The lowest BCUT2D eigenvalue weighted by atomic mass is 10.1. The van der Waals surface area contributed by atoms with Gasteiger partial charge in [-0.25, -0.2) is 0 Å². The van der Waals surface area contributed by atoms with Gasteiger partial charge in [-0.1, -0.05) is 6.92 Å². The standard InChI is InChI=1S/C9H19N3O/c1-2-8(9(11)13)12-5-3-4-7(12)6-10/h7-8H,2-6,10H2,1H3,(H2,11,13). The third kappa shape index (κ3) is 2.19. The average Bonchev–Trinajstić information content (AvgIpc) is 2.53. The largest absolute Gasteiger partial charge is 0.368 e. The molecule has 0 spiro atoms. The lowest BCUT2D eigenvalue weighted by Gasteiger charge is -2.29. The zero-order valence-corrected chi connectivity index (χ0v) is 8.20. The van der Waals surface area contributed by atoms with Crippen LogP contribution in [0.1, 0.15) is 26.2 Å². The molecule has 1 aliphatic heterocycles. The summed E-state index contributed by atoms with van der Waals surface area (Å²) in [5.74, 6) is -0.220. The summed E-state index contributed by atoms with van der Waals surface area (Å²) in [5.41, 5.74) is 10.9. The molecule has 1 amide bonds. The normalized spacial score (nSPS) is 26.2. The maximum absolute atomic E-state index is 11.1. The topological polar surface area (TPSA) is 72.4 Å². The van der Waals surface area contributed by atoms with Crippen molar-refractivity contribution in [1.29, 1.82) is 0 Å². The van der Waals surface area contributed by atoms with E-state index >= 15 is 0 Å². The number of primary amides is 1. The molecule has 4 N–H and O–H groups in total. The van der Waals surface area contributed by atoms with Crippen molar-refractivity contribution in [1.82, 2.24) is 4.90 Å². The first kappa shape index (κ1) is 10.5. The third-order valence-corrected chi connectivity index (χ3v) is 2.81. The minimum atomic E-state index is -0.220. The molecule has 0 bridgehead atoms. The predicted molar refractivity (Wildman–Crippen MR) is 52.1 cm³/mol. The number of rotatable bonds is 4. The van der Waals surface area contributed by atoms with E-state index in [9.17, 15) is 4.79 Å². The minimum Gasteiger partial charge on any atom is -0.368 e. The average molecular weight is 185 g/mol. The van der Waals surface area contributed by atoms with Crippen LogP contribution < -0.4 is 11.5 Å². The summed E-state index contributed by atoms with van der Waals surface area (Å²) < 4.78 is 0. The number of nitrogens with zero attached hydrogens (tertiary/aromatic N) is 1. The SMILES string of the molecule is CCC(C(N)=O)N1CCCC1CN. The predicted octanol–water partition coefficient (Wildman–Crippen LogP) is -0.327. The second-order valence-electron chi connectivity index (χ2n) is 3.60. The summed E-state index contributed by atoms with van der Waals surface area (Å²) in [7, 11) is 0. The van der Waals surface area contributed by atoms with Gasteiger partial charge in [-0.15, -0.1) is 0 Å². The molecule has 0 aromatic heterocycles. The second-order valence-corrected chi connectivity index (χ2v) is 3.60. The first-order chi connectivity index (χ1) is 6.20. The second kappa shape index (κ2) is 4.58. The Morgan fingerprint density at radius 2 is 2.38 bits per heavy atom. The molecular weight excluding hydrogens is 166 g/mol. The van der Waals surface area contributed by atoms with Crippen LogP contribution in [0.15, 0.2) is 0 Å². The smallest absolute Gasteiger partial charge is 0.234 e. The monoisotopic (exact) mass is 185 g/mol. The number of hydrogen-bond acceptors (Lipinski definition) is 3. The highest BCUT2D eigenvalue weighted by atomic mass is 16.1. The summed E-state index contributed by atoms with van der Waals surface area (Å²) in [6.45, 7) is 3.58. The van der Waals surface area contributed by atoms with E-state index in [1.807, 2.05) is 6.92 Å². The Bertz CT molecular complexity index is 184. The molecule has 2 atom stereocenters. The summed E-state index contributed by atoms with van der Waals surface area (Å²) in [6.07, 6.45) is 3.01. The van der Waals surface area contributed by atoms with Crippen molar-refractivity contribution < 1.29 is 4.79 Å². The van der Waals surface area contributed by atoms with Crippen LogP contribution in [0.25, 0.3) is 0 Å². The molecule has 0 aliphatic carbocycles. The zero-order valence-electron chi connectivity index (χ0n) is 8.20.